The van der Waals surface area contributed by atoms with E-state index >= 15 is 0 Å². The number of benzene rings is 1. The first-order chi connectivity index (χ1) is 10.6. The molecule has 6 heteroatoms. The lowest BCUT2D eigenvalue weighted by Crippen LogP contribution is -2.34. The van der Waals surface area contributed by atoms with Crippen LogP contribution in [-0.4, -0.2) is 30.4 Å². The highest BCUT2D eigenvalue weighted by Gasteiger charge is 2.29. The minimum absolute atomic E-state index is 0.132. The Hall–Kier alpha value is -1.92. The van der Waals surface area contributed by atoms with E-state index in [9.17, 15) is 13.2 Å². The predicted molar refractivity (Wildman–Crippen MR) is 84.2 cm³/mol. The van der Waals surface area contributed by atoms with E-state index in [0.29, 0.717) is 19.6 Å². The van der Waals surface area contributed by atoms with E-state index in [1.807, 2.05) is 30.3 Å². The lowest BCUT2D eigenvalue weighted by atomic mass is 10.2. The second-order valence-electron chi connectivity index (χ2n) is 5.40. The fourth-order valence-corrected chi connectivity index (χ4v) is 4.29. The van der Waals surface area contributed by atoms with Gasteiger partial charge in [-0.15, -0.1) is 0 Å². The lowest BCUT2D eigenvalue weighted by Gasteiger charge is -2.16. The van der Waals surface area contributed by atoms with Gasteiger partial charge in [-0.3, -0.25) is 4.79 Å². The molecule has 116 valence electrons. The largest absolute Gasteiger partial charge is 0.310 e. The number of sulfonamides is 1. The fraction of sp³-hybridized carbons (Fsp3) is 0.312. The van der Waals surface area contributed by atoms with Gasteiger partial charge in [0.25, 0.3) is 5.56 Å². The van der Waals surface area contributed by atoms with Crippen molar-refractivity contribution in [2.75, 3.05) is 13.1 Å². The third kappa shape index (κ3) is 2.84. The first-order valence-electron chi connectivity index (χ1n) is 7.32. The van der Waals surface area contributed by atoms with Crippen molar-refractivity contribution in [1.29, 1.82) is 0 Å². The average Bonchev–Trinajstić information content (AvgIpc) is 3.05. The summed E-state index contributed by atoms with van der Waals surface area (Å²) in [5.74, 6) is 0. The molecule has 0 radical (unpaired) electrons. The molecule has 22 heavy (non-hydrogen) atoms. The Morgan fingerprint density at radius 3 is 2.32 bits per heavy atom. The Labute approximate surface area is 129 Å². The molecule has 1 aromatic heterocycles. The van der Waals surface area contributed by atoms with E-state index < -0.39 is 15.6 Å². The van der Waals surface area contributed by atoms with Gasteiger partial charge < -0.3 is 4.57 Å². The van der Waals surface area contributed by atoms with E-state index in [0.717, 1.165) is 18.4 Å². The van der Waals surface area contributed by atoms with Crippen LogP contribution < -0.4 is 5.56 Å². The van der Waals surface area contributed by atoms with Gasteiger partial charge in [-0.2, -0.15) is 4.31 Å². The second kappa shape index (κ2) is 6.06. The van der Waals surface area contributed by atoms with Crippen LogP contribution in [0.15, 0.2) is 58.4 Å². The topological polar surface area (TPSA) is 59.4 Å². The maximum absolute atomic E-state index is 12.6. The zero-order chi connectivity index (χ0) is 15.6. The van der Waals surface area contributed by atoms with E-state index in [2.05, 4.69) is 0 Å². The van der Waals surface area contributed by atoms with Gasteiger partial charge in [0.1, 0.15) is 4.90 Å². The molecule has 0 spiro atoms. The molecule has 1 aliphatic rings. The van der Waals surface area contributed by atoms with Crippen LogP contribution in [0.3, 0.4) is 0 Å². The molecule has 0 N–H and O–H groups in total. The van der Waals surface area contributed by atoms with Crippen molar-refractivity contribution >= 4 is 10.0 Å². The Bertz CT molecular complexity index is 807. The molecular formula is C16H18N2O3S. The summed E-state index contributed by atoms with van der Waals surface area (Å²) in [6, 6.07) is 12.5. The SMILES string of the molecule is O=c1c(S(=O)(=O)N2CCCC2)cccn1Cc1ccccc1. The molecule has 0 aliphatic carbocycles. The smallest absolute Gasteiger partial charge is 0.271 e. The Morgan fingerprint density at radius 1 is 0.955 bits per heavy atom. The number of hydrogen-bond acceptors (Lipinski definition) is 3. The van der Waals surface area contributed by atoms with Crippen molar-refractivity contribution in [2.24, 2.45) is 0 Å². The van der Waals surface area contributed by atoms with Crippen LogP contribution in [0.4, 0.5) is 0 Å². The Morgan fingerprint density at radius 2 is 1.64 bits per heavy atom. The summed E-state index contributed by atoms with van der Waals surface area (Å²) in [5, 5.41) is 0. The molecule has 1 aromatic carbocycles. The zero-order valence-corrected chi connectivity index (χ0v) is 13.0. The van der Waals surface area contributed by atoms with Crippen LogP contribution in [0.2, 0.25) is 0 Å². The molecule has 5 nitrogen and oxygen atoms in total. The zero-order valence-electron chi connectivity index (χ0n) is 12.2. The summed E-state index contributed by atoms with van der Waals surface area (Å²) in [6.07, 6.45) is 3.33. The van der Waals surface area contributed by atoms with Crippen molar-refractivity contribution in [3.63, 3.8) is 0 Å². The molecular weight excluding hydrogens is 300 g/mol. The van der Waals surface area contributed by atoms with Crippen LogP contribution in [0, 0.1) is 0 Å². The summed E-state index contributed by atoms with van der Waals surface area (Å²) in [7, 11) is -3.68. The molecule has 1 aliphatic heterocycles. The normalized spacial score (nSPS) is 16.0. The molecule has 0 unspecified atom stereocenters. The predicted octanol–water partition coefficient (Wildman–Crippen LogP) is 1.68. The quantitative estimate of drug-likeness (QED) is 0.862. The van der Waals surface area contributed by atoms with Gasteiger partial charge in [0, 0.05) is 19.3 Å². The van der Waals surface area contributed by atoms with Crippen LogP contribution in [-0.2, 0) is 16.6 Å². The van der Waals surface area contributed by atoms with Crippen molar-refractivity contribution < 1.29 is 8.42 Å². The molecule has 0 amide bonds. The van der Waals surface area contributed by atoms with Crippen molar-refractivity contribution in [2.45, 2.75) is 24.3 Å². The maximum atomic E-state index is 12.6. The van der Waals surface area contributed by atoms with Crippen molar-refractivity contribution in [1.82, 2.24) is 8.87 Å². The lowest BCUT2D eigenvalue weighted by molar-refractivity contribution is 0.475. The third-order valence-corrected chi connectivity index (χ3v) is 5.78. The molecule has 3 rings (SSSR count). The first kappa shape index (κ1) is 15.0. The number of pyridine rings is 1. The Kier molecular flexibility index (Phi) is 4.13. The summed E-state index contributed by atoms with van der Waals surface area (Å²) >= 11 is 0. The number of rotatable bonds is 4. The van der Waals surface area contributed by atoms with E-state index in [1.165, 1.54) is 14.9 Å². The first-order valence-corrected chi connectivity index (χ1v) is 8.76. The second-order valence-corrected chi connectivity index (χ2v) is 7.31. The summed E-state index contributed by atoms with van der Waals surface area (Å²) in [6.45, 7) is 1.35. The maximum Gasteiger partial charge on any atom is 0.271 e. The number of nitrogens with zero attached hydrogens (tertiary/aromatic N) is 2. The highest BCUT2D eigenvalue weighted by molar-refractivity contribution is 7.89. The van der Waals surface area contributed by atoms with Crippen LogP contribution >= 0.6 is 0 Å². The van der Waals surface area contributed by atoms with Gasteiger partial charge in [0.15, 0.2) is 0 Å². The average molecular weight is 318 g/mol. The monoisotopic (exact) mass is 318 g/mol. The minimum atomic E-state index is -3.68. The molecule has 2 aromatic rings. The highest BCUT2D eigenvalue weighted by atomic mass is 32.2. The highest BCUT2D eigenvalue weighted by Crippen LogP contribution is 2.18. The van der Waals surface area contributed by atoms with Gasteiger partial charge in [-0.1, -0.05) is 30.3 Å². The summed E-state index contributed by atoms with van der Waals surface area (Å²) < 4.78 is 28.0. The summed E-state index contributed by atoms with van der Waals surface area (Å²) in [5.41, 5.74) is 0.499. The van der Waals surface area contributed by atoms with Crippen molar-refractivity contribution in [3.8, 4) is 0 Å². The van der Waals surface area contributed by atoms with Gasteiger partial charge >= 0.3 is 0 Å². The van der Waals surface area contributed by atoms with Gasteiger partial charge in [0.2, 0.25) is 10.0 Å². The third-order valence-electron chi connectivity index (χ3n) is 3.86. The van der Waals surface area contributed by atoms with Crippen LogP contribution in [0.1, 0.15) is 18.4 Å². The number of hydrogen-bond donors (Lipinski definition) is 0. The Balaban J connectivity index is 1.97. The van der Waals surface area contributed by atoms with Gasteiger partial charge in [-0.05, 0) is 30.5 Å². The molecule has 1 fully saturated rings. The molecule has 0 bridgehead atoms. The molecule has 1 saturated heterocycles. The fourth-order valence-electron chi connectivity index (χ4n) is 2.68. The van der Waals surface area contributed by atoms with E-state index in [-0.39, 0.29) is 4.90 Å². The van der Waals surface area contributed by atoms with Crippen LogP contribution in [0.5, 0.6) is 0 Å². The number of aromatic nitrogens is 1. The van der Waals surface area contributed by atoms with Crippen LogP contribution in [0.25, 0.3) is 0 Å². The molecule has 2 heterocycles. The van der Waals surface area contributed by atoms with E-state index in [4.69, 9.17) is 0 Å². The van der Waals surface area contributed by atoms with Gasteiger partial charge in [-0.25, -0.2) is 8.42 Å². The van der Waals surface area contributed by atoms with Gasteiger partial charge in [0.05, 0.1) is 6.54 Å². The van der Waals surface area contributed by atoms with E-state index in [1.54, 1.807) is 12.3 Å². The molecule has 0 atom stereocenters. The van der Waals surface area contributed by atoms with Crippen molar-refractivity contribution in [3.05, 3.63) is 64.6 Å². The standard InChI is InChI=1S/C16H18N2O3S/c19-16-15(22(20,21)18-11-4-5-12-18)9-6-10-17(16)13-14-7-2-1-3-8-14/h1-3,6-10H,4-5,11-13H2. The molecule has 0 saturated carbocycles. The minimum Gasteiger partial charge on any atom is -0.310 e. The summed E-state index contributed by atoms with van der Waals surface area (Å²) in [4.78, 5) is 12.4.